The van der Waals surface area contributed by atoms with Gasteiger partial charge in [-0.3, -0.25) is 9.59 Å². The maximum Gasteiger partial charge on any atom is 0.284 e. The standard InChI is InChI=1S/C20H39NO2/c1-2-3-4-5-6-7-8-9-10-11-12-13-14-15-16-17-18-19(22)20(21)23/h2-18H2,1H3,(H2,21,23). The molecule has 0 aliphatic carbocycles. The number of carbonyl (C=O) groups is 2. The molecule has 3 nitrogen and oxygen atoms in total. The van der Waals surface area contributed by atoms with Gasteiger partial charge in [-0.1, -0.05) is 103 Å². The van der Waals surface area contributed by atoms with Crippen LogP contribution in [-0.2, 0) is 9.59 Å². The Hall–Kier alpha value is -0.860. The van der Waals surface area contributed by atoms with Crippen molar-refractivity contribution in [2.24, 2.45) is 5.73 Å². The molecule has 0 heterocycles. The third kappa shape index (κ3) is 17.3. The second kappa shape index (κ2) is 17.5. The quantitative estimate of drug-likeness (QED) is 0.260. The highest BCUT2D eigenvalue weighted by molar-refractivity contribution is 6.35. The maximum absolute atomic E-state index is 11.0. The van der Waals surface area contributed by atoms with Gasteiger partial charge in [0.2, 0.25) is 5.78 Å². The van der Waals surface area contributed by atoms with Gasteiger partial charge in [0.15, 0.2) is 0 Å². The van der Waals surface area contributed by atoms with Gasteiger partial charge in [0, 0.05) is 6.42 Å². The van der Waals surface area contributed by atoms with Crippen LogP contribution in [0.5, 0.6) is 0 Å². The molecule has 136 valence electrons. The van der Waals surface area contributed by atoms with Gasteiger partial charge in [0.25, 0.3) is 5.91 Å². The summed E-state index contributed by atoms with van der Waals surface area (Å²) in [6, 6.07) is 0. The zero-order chi connectivity index (χ0) is 17.2. The van der Waals surface area contributed by atoms with Crippen LogP contribution in [0.4, 0.5) is 0 Å². The van der Waals surface area contributed by atoms with E-state index in [1.807, 2.05) is 0 Å². The minimum Gasteiger partial charge on any atom is -0.363 e. The van der Waals surface area contributed by atoms with Gasteiger partial charge in [-0.15, -0.1) is 0 Å². The molecule has 0 rings (SSSR count). The molecule has 3 heteroatoms. The number of amides is 1. The molecule has 1 amide bonds. The van der Waals surface area contributed by atoms with E-state index in [-0.39, 0.29) is 0 Å². The van der Waals surface area contributed by atoms with E-state index in [0.29, 0.717) is 6.42 Å². The molecule has 0 aliphatic rings. The van der Waals surface area contributed by atoms with E-state index < -0.39 is 11.7 Å². The molecule has 0 fully saturated rings. The molecule has 0 aromatic heterocycles. The fraction of sp³-hybridized carbons (Fsp3) is 0.900. The summed E-state index contributed by atoms with van der Waals surface area (Å²) in [5.41, 5.74) is 4.91. The summed E-state index contributed by atoms with van der Waals surface area (Å²) in [5, 5.41) is 0. The average Bonchev–Trinajstić information content (AvgIpc) is 2.54. The molecule has 0 radical (unpaired) electrons. The van der Waals surface area contributed by atoms with Gasteiger partial charge in [0.1, 0.15) is 0 Å². The Morgan fingerprint density at radius 3 is 1.17 bits per heavy atom. The first-order valence-electron chi connectivity index (χ1n) is 10.0. The summed E-state index contributed by atoms with van der Waals surface area (Å²) in [6.45, 7) is 2.27. The SMILES string of the molecule is CCCCCCCCCCCCCCCCCCC(=O)C(N)=O. The maximum atomic E-state index is 11.0. The Morgan fingerprint density at radius 2 is 0.870 bits per heavy atom. The monoisotopic (exact) mass is 325 g/mol. The molecule has 0 aromatic carbocycles. The van der Waals surface area contributed by atoms with E-state index in [1.54, 1.807) is 0 Å². The summed E-state index contributed by atoms with van der Waals surface area (Å²) < 4.78 is 0. The van der Waals surface area contributed by atoms with Crippen molar-refractivity contribution in [1.29, 1.82) is 0 Å². The van der Waals surface area contributed by atoms with Crippen molar-refractivity contribution in [2.75, 3.05) is 0 Å². The van der Waals surface area contributed by atoms with Crippen molar-refractivity contribution in [3.8, 4) is 0 Å². The fourth-order valence-corrected chi connectivity index (χ4v) is 2.96. The van der Waals surface area contributed by atoms with E-state index >= 15 is 0 Å². The van der Waals surface area contributed by atoms with Gasteiger partial charge >= 0.3 is 0 Å². The lowest BCUT2D eigenvalue weighted by atomic mass is 10.0. The zero-order valence-corrected chi connectivity index (χ0v) is 15.4. The van der Waals surface area contributed by atoms with Crippen LogP contribution in [0.25, 0.3) is 0 Å². The van der Waals surface area contributed by atoms with Gasteiger partial charge in [-0.05, 0) is 6.42 Å². The van der Waals surface area contributed by atoms with Crippen LogP contribution in [0.3, 0.4) is 0 Å². The highest BCUT2D eigenvalue weighted by Crippen LogP contribution is 2.14. The average molecular weight is 326 g/mol. The topological polar surface area (TPSA) is 60.2 Å². The Kier molecular flexibility index (Phi) is 16.8. The van der Waals surface area contributed by atoms with E-state index in [2.05, 4.69) is 6.92 Å². The normalized spacial score (nSPS) is 10.8. The van der Waals surface area contributed by atoms with Crippen LogP contribution in [0, 0.1) is 0 Å². The molecule has 0 unspecified atom stereocenters. The van der Waals surface area contributed by atoms with E-state index in [1.165, 1.54) is 89.9 Å². The number of carbonyl (C=O) groups excluding carboxylic acids is 2. The first-order chi connectivity index (χ1) is 11.2. The number of primary amides is 1. The van der Waals surface area contributed by atoms with Crippen molar-refractivity contribution in [1.82, 2.24) is 0 Å². The number of ketones is 1. The number of unbranched alkanes of at least 4 members (excludes halogenated alkanes) is 15. The molecule has 0 aromatic rings. The second-order valence-electron chi connectivity index (χ2n) is 6.84. The van der Waals surface area contributed by atoms with Gasteiger partial charge < -0.3 is 5.73 Å². The van der Waals surface area contributed by atoms with Crippen LogP contribution < -0.4 is 5.73 Å². The highest BCUT2D eigenvalue weighted by atomic mass is 16.2. The van der Waals surface area contributed by atoms with Crippen molar-refractivity contribution in [2.45, 2.75) is 116 Å². The van der Waals surface area contributed by atoms with Crippen molar-refractivity contribution in [3.63, 3.8) is 0 Å². The Bertz CT molecular complexity index is 289. The fourth-order valence-electron chi connectivity index (χ4n) is 2.96. The molecule has 2 N–H and O–H groups in total. The molecule has 0 saturated heterocycles. The third-order valence-corrected chi connectivity index (χ3v) is 4.53. The summed E-state index contributed by atoms with van der Waals surface area (Å²) in [7, 11) is 0. The van der Waals surface area contributed by atoms with Crippen LogP contribution in [0.15, 0.2) is 0 Å². The molecule has 0 bridgehead atoms. The largest absolute Gasteiger partial charge is 0.363 e. The highest BCUT2D eigenvalue weighted by Gasteiger charge is 2.07. The predicted octanol–water partition coefficient (Wildman–Crippen LogP) is 5.69. The molecule has 0 atom stereocenters. The number of hydrogen-bond donors (Lipinski definition) is 1. The number of hydrogen-bond acceptors (Lipinski definition) is 2. The van der Waals surface area contributed by atoms with Gasteiger partial charge in [0.05, 0.1) is 0 Å². The third-order valence-electron chi connectivity index (χ3n) is 4.53. The van der Waals surface area contributed by atoms with Gasteiger partial charge in [-0.25, -0.2) is 0 Å². The smallest absolute Gasteiger partial charge is 0.284 e. The lowest BCUT2D eigenvalue weighted by Gasteiger charge is -2.03. The van der Waals surface area contributed by atoms with Crippen LogP contribution in [-0.4, -0.2) is 11.7 Å². The number of nitrogens with two attached hydrogens (primary N) is 1. The summed E-state index contributed by atoms with van der Waals surface area (Å²) in [4.78, 5) is 21.6. The first kappa shape index (κ1) is 22.1. The number of rotatable bonds is 18. The molecule has 0 spiro atoms. The van der Waals surface area contributed by atoms with E-state index in [0.717, 1.165) is 12.8 Å². The van der Waals surface area contributed by atoms with Crippen molar-refractivity contribution >= 4 is 11.7 Å². The Balaban J connectivity index is 3.05. The summed E-state index contributed by atoms with van der Waals surface area (Å²) >= 11 is 0. The Labute approximate surface area is 143 Å². The minimum atomic E-state index is -0.786. The molecule has 0 saturated carbocycles. The summed E-state index contributed by atoms with van der Waals surface area (Å²) in [6.07, 6.45) is 21.3. The molecular formula is C20H39NO2. The first-order valence-corrected chi connectivity index (χ1v) is 10.0. The number of Topliss-reactive ketones (excluding diaryl/α,β-unsaturated/α-hetero) is 1. The zero-order valence-electron chi connectivity index (χ0n) is 15.4. The van der Waals surface area contributed by atoms with Crippen LogP contribution in [0.1, 0.15) is 116 Å². The lowest BCUT2D eigenvalue weighted by molar-refractivity contribution is -0.136. The summed E-state index contributed by atoms with van der Waals surface area (Å²) in [5.74, 6) is -1.21. The second-order valence-corrected chi connectivity index (χ2v) is 6.84. The predicted molar refractivity (Wildman–Crippen MR) is 98.4 cm³/mol. The van der Waals surface area contributed by atoms with Crippen molar-refractivity contribution in [3.05, 3.63) is 0 Å². The van der Waals surface area contributed by atoms with Crippen LogP contribution in [0.2, 0.25) is 0 Å². The minimum absolute atomic E-state index is 0.327. The molecule has 23 heavy (non-hydrogen) atoms. The molecule has 0 aliphatic heterocycles. The van der Waals surface area contributed by atoms with E-state index in [9.17, 15) is 9.59 Å². The Morgan fingerprint density at radius 1 is 0.565 bits per heavy atom. The van der Waals surface area contributed by atoms with Crippen LogP contribution >= 0.6 is 0 Å². The van der Waals surface area contributed by atoms with Gasteiger partial charge in [-0.2, -0.15) is 0 Å². The van der Waals surface area contributed by atoms with Crippen molar-refractivity contribution < 1.29 is 9.59 Å². The molecular weight excluding hydrogens is 286 g/mol. The lowest BCUT2D eigenvalue weighted by Crippen LogP contribution is -2.22. The van der Waals surface area contributed by atoms with E-state index in [4.69, 9.17) is 5.73 Å².